The third-order valence-electron chi connectivity index (χ3n) is 8.17. The summed E-state index contributed by atoms with van der Waals surface area (Å²) in [6.07, 6.45) is 15.8. The van der Waals surface area contributed by atoms with Crippen LogP contribution in [0.15, 0.2) is 34.9 Å². The fourth-order valence-corrected chi connectivity index (χ4v) is 6.59. The van der Waals surface area contributed by atoms with Gasteiger partial charge in [-0.2, -0.15) is 0 Å². The summed E-state index contributed by atoms with van der Waals surface area (Å²) in [6, 6.07) is 0. The Balaban J connectivity index is 1.86. The normalized spacial score (nSPS) is 42.6. The van der Waals surface area contributed by atoms with Gasteiger partial charge in [0.05, 0.1) is 5.41 Å². The van der Waals surface area contributed by atoms with E-state index in [9.17, 15) is 9.59 Å². The average molecular weight is 338 g/mol. The fourth-order valence-electron chi connectivity index (χ4n) is 6.59. The lowest BCUT2D eigenvalue weighted by Crippen LogP contribution is -2.45. The third kappa shape index (κ3) is 2.09. The van der Waals surface area contributed by atoms with Crippen LogP contribution < -0.4 is 0 Å². The summed E-state index contributed by atoms with van der Waals surface area (Å²) in [4.78, 5) is 24.3. The molecule has 4 rings (SSSR count). The van der Waals surface area contributed by atoms with Gasteiger partial charge < -0.3 is 4.79 Å². The molecule has 4 aliphatic carbocycles. The molecule has 0 radical (unpaired) electrons. The molecule has 1 fully saturated rings. The number of hydrogen-bond donors (Lipinski definition) is 0. The van der Waals surface area contributed by atoms with Crippen molar-refractivity contribution in [3.05, 3.63) is 34.9 Å². The standard InChI is InChI=1S/C23H30O2/c1-4-10-21(2)11-8-20-18-6-5-16-14-17(25)7-12-22(16,3)19(18)9-13-23(20,21)15-24/h5-6,14-15,19H,4,7-13H2,1-3H3/t19?,21-,22+,23+/m1/s1. The Kier molecular flexibility index (Phi) is 3.76. The smallest absolute Gasteiger partial charge is 0.156 e. The highest BCUT2D eigenvalue weighted by atomic mass is 16.1. The van der Waals surface area contributed by atoms with E-state index in [1.165, 1.54) is 23.0 Å². The van der Waals surface area contributed by atoms with E-state index in [0.29, 0.717) is 12.3 Å². The second kappa shape index (κ2) is 5.53. The highest BCUT2D eigenvalue weighted by molar-refractivity contribution is 5.92. The number of hydrogen-bond acceptors (Lipinski definition) is 2. The van der Waals surface area contributed by atoms with E-state index in [0.717, 1.165) is 44.9 Å². The number of ketones is 1. The van der Waals surface area contributed by atoms with Gasteiger partial charge in [-0.1, -0.05) is 44.9 Å². The first-order valence-electron chi connectivity index (χ1n) is 10.0. The lowest BCUT2D eigenvalue weighted by Gasteiger charge is -2.52. The summed E-state index contributed by atoms with van der Waals surface area (Å²) in [5.74, 6) is 0.742. The molecular formula is C23H30O2. The second-order valence-corrected chi connectivity index (χ2v) is 9.24. The van der Waals surface area contributed by atoms with Gasteiger partial charge in [0, 0.05) is 6.42 Å². The minimum Gasteiger partial charge on any atom is -0.302 e. The minimum absolute atomic E-state index is 0.0732. The van der Waals surface area contributed by atoms with Gasteiger partial charge in [-0.15, -0.1) is 0 Å². The molecule has 1 unspecified atom stereocenters. The van der Waals surface area contributed by atoms with E-state index in [4.69, 9.17) is 0 Å². The molecular weight excluding hydrogens is 308 g/mol. The molecule has 25 heavy (non-hydrogen) atoms. The van der Waals surface area contributed by atoms with Crippen LogP contribution in [0.25, 0.3) is 0 Å². The van der Waals surface area contributed by atoms with Crippen molar-refractivity contribution in [2.75, 3.05) is 0 Å². The SMILES string of the molecule is CCC[C@]1(C)CCC2=C3C=CC4=CC(=O)CC[C@]4(C)C3CC[C@]21C=O. The van der Waals surface area contributed by atoms with Crippen LogP contribution in [0.2, 0.25) is 0 Å². The van der Waals surface area contributed by atoms with Crippen molar-refractivity contribution < 1.29 is 9.59 Å². The van der Waals surface area contributed by atoms with Crippen molar-refractivity contribution in [1.82, 2.24) is 0 Å². The lowest BCUT2D eigenvalue weighted by atomic mass is 9.51. The predicted octanol–water partition coefficient (Wildman–Crippen LogP) is 5.34. The van der Waals surface area contributed by atoms with Gasteiger partial charge in [0.25, 0.3) is 0 Å². The quantitative estimate of drug-likeness (QED) is 0.651. The molecule has 4 atom stereocenters. The Morgan fingerprint density at radius 1 is 1.16 bits per heavy atom. The molecule has 4 aliphatic rings. The van der Waals surface area contributed by atoms with Gasteiger partial charge in [-0.05, 0) is 72.5 Å². The van der Waals surface area contributed by atoms with E-state index in [2.05, 4.69) is 32.9 Å². The molecule has 0 amide bonds. The molecule has 1 saturated carbocycles. The molecule has 2 nitrogen and oxygen atoms in total. The Bertz CT molecular complexity index is 724. The van der Waals surface area contributed by atoms with Crippen LogP contribution in [0.4, 0.5) is 0 Å². The molecule has 0 N–H and O–H groups in total. The van der Waals surface area contributed by atoms with E-state index in [-0.39, 0.29) is 22.0 Å². The van der Waals surface area contributed by atoms with E-state index < -0.39 is 0 Å². The van der Waals surface area contributed by atoms with Crippen molar-refractivity contribution in [3.8, 4) is 0 Å². The highest BCUT2D eigenvalue weighted by Crippen LogP contribution is 2.66. The van der Waals surface area contributed by atoms with Gasteiger partial charge in [0.1, 0.15) is 6.29 Å². The van der Waals surface area contributed by atoms with Crippen molar-refractivity contribution >= 4 is 12.1 Å². The molecule has 0 spiro atoms. The number of fused-ring (bicyclic) bond motifs is 4. The minimum atomic E-state index is -0.249. The molecule has 0 aromatic rings. The third-order valence-corrected chi connectivity index (χ3v) is 8.17. The number of carbonyl (C=O) groups is 2. The molecule has 134 valence electrons. The second-order valence-electron chi connectivity index (χ2n) is 9.24. The fraction of sp³-hybridized carbons (Fsp3) is 0.652. The summed E-state index contributed by atoms with van der Waals surface area (Å²) in [7, 11) is 0. The van der Waals surface area contributed by atoms with Gasteiger partial charge in [-0.3, -0.25) is 4.79 Å². The zero-order valence-electron chi connectivity index (χ0n) is 15.9. The van der Waals surface area contributed by atoms with Crippen molar-refractivity contribution in [1.29, 1.82) is 0 Å². The maximum absolute atomic E-state index is 12.4. The van der Waals surface area contributed by atoms with Crippen LogP contribution in [0.3, 0.4) is 0 Å². The van der Waals surface area contributed by atoms with E-state index in [1.54, 1.807) is 0 Å². The molecule has 0 heterocycles. The van der Waals surface area contributed by atoms with Gasteiger partial charge in [0.15, 0.2) is 5.78 Å². The maximum atomic E-state index is 12.4. The Labute approximate surface area is 151 Å². The van der Waals surface area contributed by atoms with Crippen LogP contribution in [0.5, 0.6) is 0 Å². The maximum Gasteiger partial charge on any atom is 0.156 e. The largest absolute Gasteiger partial charge is 0.302 e. The monoisotopic (exact) mass is 338 g/mol. The molecule has 0 aromatic carbocycles. The van der Waals surface area contributed by atoms with Crippen LogP contribution in [0.1, 0.15) is 72.1 Å². The first kappa shape index (κ1) is 17.0. The van der Waals surface area contributed by atoms with Crippen LogP contribution in [-0.2, 0) is 9.59 Å². The zero-order chi connectivity index (χ0) is 17.9. The van der Waals surface area contributed by atoms with Gasteiger partial charge in [0.2, 0.25) is 0 Å². The summed E-state index contributed by atoms with van der Waals surface area (Å²) < 4.78 is 0. The van der Waals surface area contributed by atoms with Crippen molar-refractivity contribution in [2.45, 2.75) is 72.1 Å². The first-order chi connectivity index (χ1) is 11.9. The molecule has 0 aliphatic heterocycles. The molecule has 0 aromatic heterocycles. The molecule has 2 heteroatoms. The summed E-state index contributed by atoms with van der Waals surface area (Å²) >= 11 is 0. The topological polar surface area (TPSA) is 34.1 Å². The van der Waals surface area contributed by atoms with Gasteiger partial charge in [-0.25, -0.2) is 0 Å². The average Bonchev–Trinajstić information content (AvgIpc) is 2.89. The zero-order valence-corrected chi connectivity index (χ0v) is 15.9. The number of allylic oxidation sites excluding steroid dienone is 6. The lowest BCUT2D eigenvalue weighted by molar-refractivity contribution is -0.120. The van der Waals surface area contributed by atoms with Crippen molar-refractivity contribution in [3.63, 3.8) is 0 Å². The predicted molar refractivity (Wildman–Crippen MR) is 100 cm³/mol. The summed E-state index contributed by atoms with van der Waals surface area (Å²) in [6.45, 7) is 6.92. The Morgan fingerprint density at radius 2 is 1.96 bits per heavy atom. The highest BCUT2D eigenvalue weighted by Gasteiger charge is 2.59. The number of aldehydes is 1. The van der Waals surface area contributed by atoms with Crippen molar-refractivity contribution in [2.24, 2.45) is 22.2 Å². The number of rotatable bonds is 3. The summed E-state index contributed by atoms with van der Waals surface area (Å²) in [5, 5.41) is 0. The van der Waals surface area contributed by atoms with E-state index >= 15 is 0 Å². The Hall–Kier alpha value is -1.44. The van der Waals surface area contributed by atoms with Crippen LogP contribution >= 0.6 is 0 Å². The molecule has 0 saturated heterocycles. The first-order valence-corrected chi connectivity index (χ1v) is 10.0. The summed E-state index contributed by atoms with van der Waals surface area (Å²) in [5.41, 5.74) is 4.02. The molecule has 0 bridgehead atoms. The van der Waals surface area contributed by atoms with Crippen LogP contribution in [0, 0.1) is 22.2 Å². The van der Waals surface area contributed by atoms with E-state index in [1.807, 2.05) is 6.08 Å². The Morgan fingerprint density at radius 3 is 2.68 bits per heavy atom. The number of carbonyl (C=O) groups excluding carboxylic acids is 2. The van der Waals surface area contributed by atoms with Crippen LogP contribution in [-0.4, -0.2) is 12.1 Å². The van der Waals surface area contributed by atoms with Gasteiger partial charge >= 0.3 is 0 Å².